The number of benzene rings is 1. The predicted molar refractivity (Wildman–Crippen MR) is 110 cm³/mol. The van der Waals surface area contributed by atoms with E-state index >= 15 is 0 Å². The van der Waals surface area contributed by atoms with Gasteiger partial charge >= 0.3 is 5.97 Å². The lowest BCUT2D eigenvalue weighted by molar-refractivity contribution is -0.148. The maximum absolute atomic E-state index is 12.2. The fourth-order valence-electron chi connectivity index (χ4n) is 3.25. The molecule has 2 rings (SSSR count). The van der Waals surface area contributed by atoms with Gasteiger partial charge in [0.2, 0.25) is 5.91 Å². The molecule has 28 heavy (non-hydrogen) atoms. The zero-order valence-electron chi connectivity index (χ0n) is 17.1. The fraction of sp³-hybridized carbons (Fsp3) is 0.522. The molecule has 5 heteroatoms. The van der Waals surface area contributed by atoms with Crippen molar-refractivity contribution in [2.75, 3.05) is 6.54 Å². The number of esters is 1. The van der Waals surface area contributed by atoms with Crippen LogP contribution in [0.25, 0.3) is 6.08 Å². The van der Waals surface area contributed by atoms with Gasteiger partial charge in [0.15, 0.2) is 5.78 Å². The van der Waals surface area contributed by atoms with Crippen molar-refractivity contribution < 1.29 is 19.1 Å². The number of carbonyl (C=O) groups is 3. The molecule has 0 bridgehead atoms. The van der Waals surface area contributed by atoms with E-state index in [0.717, 1.165) is 36.8 Å². The lowest BCUT2D eigenvalue weighted by Gasteiger charge is -2.20. The number of hydrogen-bond acceptors (Lipinski definition) is 4. The largest absolute Gasteiger partial charge is 0.457 e. The molecule has 1 aliphatic carbocycles. The highest BCUT2D eigenvalue weighted by Gasteiger charge is 2.21. The van der Waals surface area contributed by atoms with Crippen molar-refractivity contribution in [3.8, 4) is 0 Å². The van der Waals surface area contributed by atoms with Crippen LogP contribution in [-0.4, -0.2) is 29.8 Å². The Morgan fingerprint density at radius 3 is 2.32 bits per heavy atom. The van der Waals surface area contributed by atoms with Crippen molar-refractivity contribution >= 4 is 23.7 Å². The number of amides is 1. The summed E-state index contributed by atoms with van der Waals surface area (Å²) in [5.74, 6) is -0.277. The van der Waals surface area contributed by atoms with Gasteiger partial charge in [-0.15, -0.1) is 0 Å². The molecule has 0 radical (unpaired) electrons. The first-order chi connectivity index (χ1) is 13.2. The van der Waals surface area contributed by atoms with Gasteiger partial charge in [-0.1, -0.05) is 43.5 Å². The summed E-state index contributed by atoms with van der Waals surface area (Å²) in [6.07, 6.45) is 8.63. The SMILES string of the molecule is CC(C)(C)OC(=O)C=Cc1ccc(CC(=O)NCC(=O)C2CCCCC2)cc1. The summed E-state index contributed by atoms with van der Waals surface area (Å²) >= 11 is 0. The third-order valence-corrected chi connectivity index (χ3v) is 4.68. The molecule has 1 saturated carbocycles. The summed E-state index contributed by atoms with van der Waals surface area (Å²) in [6.45, 7) is 5.59. The molecule has 0 atom stereocenters. The number of rotatable bonds is 7. The Bertz CT molecular complexity index is 707. The zero-order valence-corrected chi connectivity index (χ0v) is 17.1. The van der Waals surface area contributed by atoms with E-state index in [1.54, 1.807) is 6.08 Å². The van der Waals surface area contributed by atoms with Crippen LogP contribution in [0.1, 0.15) is 64.0 Å². The molecule has 0 aliphatic heterocycles. The van der Waals surface area contributed by atoms with Gasteiger partial charge in [0.1, 0.15) is 5.60 Å². The third-order valence-electron chi connectivity index (χ3n) is 4.68. The fourth-order valence-corrected chi connectivity index (χ4v) is 3.25. The molecule has 1 N–H and O–H groups in total. The highest BCUT2D eigenvalue weighted by atomic mass is 16.6. The van der Waals surface area contributed by atoms with Gasteiger partial charge in [0.25, 0.3) is 0 Å². The van der Waals surface area contributed by atoms with E-state index in [9.17, 15) is 14.4 Å². The molecule has 0 heterocycles. The summed E-state index contributed by atoms with van der Waals surface area (Å²) in [6, 6.07) is 7.38. The van der Waals surface area contributed by atoms with Crippen molar-refractivity contribution in [2.45, 2.75) is 64.9 Å². The number of hydrogen-bond donors (Lipinski definition) is 1. The summed E-state index contributed by atoms with van der Waals surface area (Å²) in [4.78, 5) is 35.9. The lowest BCUT2D eigenvalue weighted by Crippen LogP contribution is -2.34. The van der Waals surface area contributed by atoms with E-state index in [0.29, 0.717) is 0 Å². The Morgan fingerprint density at radius 2 is 1.71 bits per heavy atom. The highest BCUT2D eigenvalue weighted by Crippen LogP contribution is 2.24. The second kappa shape index (κ2) is 10.2. The van der Waals surface area contributed by atoms with Crippen LogP contribution in [0.5, 0.6) is 0 Å². The van der Waals surface area contributed by atoms with Crippen molar-refractivity contribution in [1.82, 2.24) is 5.32 Å². The Labute approximate surface area is 167 Å². The second-order valence-corrected chi connectivity index (χ2v) is 8.36. The Hall–Kier alpha value is -2.43. The molecule has 1 amide bonds. The standard InChI is InChI=1S/C23H31NO4/c1-23(2,3)28-22(27)14-13-17-9-11-18(12-10-17)15-21(26)24-16-20(25)19-7-5-4-6-8-19/h9-14,19H,4-8,15-16H2,1-3H3,(H,24,26). The van der Waals surface area contributed by atoms with E-state index in [4.69, 9.17) is 4.74 Å². The monoisotopic (exact) mass is 385 g/mol. The summed E-state index contributed by atoms with van der Waals surface area (Å²) in [7, 11) is 0. The molecule has 1 aliphatic rings. The number of ketones is 1. The minimum absolute atomic E-state index is 0.116. The van der Waals surface area contributed by atoms with E-state index in [1.807, 2.05) is 45.0 Å². The normalized spacial score (nSPS) is 15.4. The number of ether oxygens (including phenoxy) is 1. The quantitative estimate of drug-likeness (QED) is 0.572. The van der Waals surface area contributed by atoms with Crippen molar-refractivity contribution in [3.05, 3.63) is 41.5 Å². The van der Waals surface area contributed by atoms with Crippen molar-refractivity contribution in [3.63, 3.8) is 0 Å². The van der Waals surface area contributed by atoms with Gasteiger partial charge in [0.05, 0.1) is 13.0 Å². The first-order valence-electron chi connectivity index (χ1n) is 10.0. The topological polar surface area (TPSA) is 72.5 Å². The van der Waals surface area contributed by atoms with Crippen molar-refractivity contribution in [2.24, 2.45) is 5.92 Å². The van der Waals surface area contributed by atoms with Gasteiger partial charge in [-0.25, -0.2) is 4.79 Å². The van der Waals surface area contributed by atoms with Crippen LogP contribution in [0.15, 0.2) is 30.3 Å². The van der Waals surface area contributed by atoms with E-state index in [2.05, 4.69) is 5.32 Å². The summed E-state index contributed by atoms with van der Waals surface area (Å²) in [5.41, 5.74) is 1.19. The molecule has 1 aromatic rings. The molecule has 1 fully saturated rings. The number of nitrogens with one attached hydrogen (secondary N) is 1. The molecule has 0 aromatic heterocycles. The van der Waals surface area contributed by atoms with Gasteiger partial charge < -0.3 is 10.1 Å². The van der Waals surface area contributed by atoms with Crippen LogP contribution in [0.2, 0.25) is 0 Å². The Balaban J connectivity index is 1.77. The molecule has 5 nitrogen and oxygen atoms in total. The summed E-state index contributed by atoms with van der Waals surface area (Å²) < 4.78 is 5.22. The minimum Gasteiger partial charge on any atom is -0.457 e. The summed E-state index contributed by atoms with van der Waals surface area (Å²) in [5, 5.41) is 2.74. The molecule has 0 saturated heterocycles. The van der Waals surface area contributed by atoms with Crippen LogP contribution in [0, 0.1) is 5.92 Å². The Kier molecular flexibility index (Phi) is 7.97. The average Bonchev–Trinajstić information content (AvgIpc) is 2.65. The average molecular weight is 386 g/mol. The van der Waals surface area contributed by atoms with Gasteiger partial charge in [-0.3, -0.25) is 9.59 Å². The minimum atomic E-state index is -0.517. The molecule has 0 spiro atoms. The number of carbonyl (C=O) groups excluding carboxylic acids is 3. The molecular weight excluding hydrogens is 354 g/mol. The maximum atomic E-state index is 12.2. The lowest BCUT2D eigenvalue weighted by atomic mass is 9.86. The molecule has 0 unspecified atom stereocenters. The van der Waals surface area contributed by atoms with Gasteiger partial charge in [-0.05, 0) is 50.8 Å². The third kappa shape index (κ3) is 8.07. The van der Waals surface area contributed by atoms with Crippen LogP contribution in [0.4, 0.5) is 0 Å². The van der Waals surface area contributed by atoms with Crippen LogP contribution >= 0.6 is 0 Å². The molecule has 152 valence electrons. The van der Waals surface area contributed by atoms with E-state index < -0.39 is 11.6 Å². The van der Waals surface area contributed by atoms with Gasteiger partial charge in [-0.2, -0.15) is 0 Å². The first kappa shape index (κ1) is 21.9. The van der Waals surface area contributed by atoms with Crippen LogP contribution < -0.4 is 5.32 Å². The number of Topliss-reactive ketones (excluding diaryl/α,β-unsaturated/α-hetero) is 1. The predicted octanol–water partition coefficient (Wildman–Crippen LogP) is 3.85. The second-order valence-electron chi connectivity index (χ2n) is 8.36. The van der Waals surface area contributed by atoms with Crippen LogP contribution in [-0.2, 0) is 25.5 Å². The maximum Gasteiger partial charge on any atom is 0.331 e. The van der Waals surface area contributed by atoms with Gasteiger partial charge in [0, 0.05) is 12.0 Å². The molecule has 1 aromatic carbocycles. The zero-order chi connectivity index (χ0) is 20.6. The van der Waals surface area contributed by atoms with E-state index in [-0.39, 0.29) is 30.6 Å². The Morgan fingerprint density at radius 1 is 1.07 bits per heavy atom. The highest BCUT2D eigenvalue weighted by molar-refractivity contribution is 5.88. The van der Waals surface area contributed by atoms with Crippen LogP contribution in [0.3, 0.4) is 0 Å². The first-order valence-corrected chi connectivity index (χ1v) is 10.0. The molecular formula is C23H31NO4. The van der Waals surface area contributed by atoms with Crippen molar-refractivity contribution in [1.29, 1.82) is 0 Å². The van der Waals surface area contributed by atoms with E-state index in [1.165, 1.54) is 12.5 Å². The smallest absolute Gasteiger partial charge is 0.331 e.